The zero-order valence-electron chi connectivity index (χ0n) is 8.60. The van der Waals surface area contributed by atoms with Crippen LogP contribution in [0.3, 0.4) is 0 Å². The van der Waals surface area contributed by atoms with Crippen LogP contribution >= 0.6 is 0 Å². The number of ether oxygens (including phenoxy) is 1. The van der Waals surface area contributed by atoms with E-state index in [-0.39, 0.29) is 5.41 Å². The number of carbonyl (C=O) groups is 1. The molecule has 1 saturated heterocycles. The Labute approximate surface area is 90.8 Å². The Bertz CT molecular complexity index is 279. The summed E-state index contributed by atoms with van der Waals surface area (Å²) in [5.41, 5.74) is 0.00868. The predicted molar refractivity (Wildman–Crippen MR) is 49.7 cm³/mol. The van der Waals surface area contributed by atoms with Gasteiger partial charge in [-0.3, -0.25) is 0 Å². The SMILES string of the molecule is C#CC1(COC)CNC1.O=C(O)C(F)(F)F. The molecule has 1 aliphatic heterocycles. The lowest BCUT2D eigenvalue weighted by Crippen LogP contribution is -2.55. The Kier molecular flexibility index (Phi) is 5.27. The number of hydrogen-bond acceptors (Lipinski definition) is 3. The van der Waals surface area contributed by atoms with Gasteiger partial charge in [-0.05, 0) is 0 Å². The minimum absolute atomic E-state index is 0.00868. The van der Waals surface area contributed by atoms with Crippen molar-refractivity contribution in [1.82, 2.24) is 5.32 Å². The number of methoxy groups -OCH3 is 1. The first-order valence-corrected chi connectivity index (χ1v) is 4.25. The molecule has 0 unspecified atom stereocenters. The van der Waals surface area contributed by atoms with Gasteiger partial charge < -0.3 is 15.2 Å². The summed E-state index contributed by atoms with van der Waals surface area (Å²) < 4.78 is 36.7. The van der Waals surface area contributed by atoms with Gasteiger partial charge in [0.25, 0.3) is 0 Å². The summed E-state index contributed by atoms with van der Waals surface area (Å²) in [7, 11) is 1.68. The van der Waals surface area contributed by atoms with Crippen molar-refractivity contribution in [3.63, 3.8) is 0 Å². The highest BCUT2D eigenvalue weighted by Crippen LogP contribution is 2.20. The van der Waals surface area contributed by atoms with Gasteiger partial charge in [-0.15, -0.1) is 6.42 Å². The van der Waals surface area contributed by atoms with Crippen LogP contribution in [0.1, 0.15) is 0 Å². The van der Waals surface area contributed by atoms with Crippen LogP contribution in [0.4, 0.5) is 13.2 Å². The highest BCUT2D eigenvalue weighted by Gasteiger charge is 2.38. The molecule has 0 aromatic carbocycles. The number of aliphatic carboxylic acids is 1. The summed E-state index contributed by atoms with van der Waals surface area (Å²) in [6.45, 7) is 2.48. The summed E-state index contributed by atoms with van der Waals surface area (Å²) in [5.74, 6) is -0.0286. The standard InChI is InChI=1S/C7H11NO.C2HF3O2/c1-3-7(6-9-2)4-8-5-7;3-2(4,5)1(6)7/h1,8H,4-6H2,2H3;(H,6,7). The van der Waals surface area contributed by atoms with Gasteiger partial charge in [-0.25, -0.2) is 4.79 Å². The summed E-state index contributed by atoms with van der Waals surface area (Å²) in [6, 6.07) is 0. The molecule has 2 N–H and O–H groups in total. The number of carboxylic acid groups (broad SMARTS) is 1. The van der Waals surface area contributed by atoms with Gasteiger partial charge in [0.1, 0.15) is 0 Å². The van der Waals surface area contributed by atoms with Crippen molar-refractivity contribution in [2.45, 2.75) is 6.18 Å². The topological polar surface area (TPSA) is 58.6 Å². The van der Waals surface area contributed by atoms with Gasteiger partial charge in [0.15, 0.2) is 0 Å². The molecule has 0 aromatic rings. The molecule has 7 heteroatoms. The second-order valence-corrected chi connectivity index (χ2v) is 3.26. The molecule has 0 saturated carbocycles. The first-order valence-electron chi connectivity index (χ1n) is 4.25. The largest absolute Gasteiger partial charge is 0.490 e. The zero-order valence-corrected chi connectivity index (χ0v) is 8.60. The maximum atomic E-state index is 10.6. The number of halogens is 3. The Morgan fingerprint density at radius 3 is 2.12 bits per heavy atom. The van der Waals surface area contributed by atoms with Crippen LogP contribution in [0.5, 0.6) is 0 Å². The number of nitrogens with one attached hydrogen (secondary N) is 1. The van der Waals surface area contributed by atoms with Crippen molar-refractivity contribution in [2.75, 3.05) is 26.8 Å². The molecule has 0 radical (unpaired) electrons. The first-order chi connectivity index (χ1) is 7.27. The molecule has 0 amide bonds. The maximum Gasteiger partial charge on any atom is 0.490 e. The molecule has 1 aliphatic rings. The third-order valence-electron chi connectivity index (χ3n) is 1.90. The van der Waals surface area contributed by atoms with E-state index in [9.17, 15) is 13.2 Å². The van der Waals surface area contributed by atoms with Crippen molar-refractivity contribution < 1.29 is 27.8 Å². The van der Waals surface area contributed by atoms with E-state index in [1.165, 1.54) is 0 Å². The highest BCUT2D eigenvalue weighted by molar-refractivity contribution is 5.73. The minimum atomic E-state index is -5.08. The molecule has 4 nitrogen and oxygen atoms in total. The van der Waals surface area contributed by atoms with Crippen LogP contribution in [-0.2, 0) is 9.53 Å². The van der Waals surface area contributed by atoms with Crippen LogP contribution < -0.4 is 5.32 Å². The fourth-order valence-corrected chi connectivity index (χ4v) is 0.949. The van der Waals surface area contributed by atoms with E-state index in [2.05, 4.69) is 11.2 Å². The third-order valence-corrected chi connectivity index (χ3v) is 1.90. The van der Waals surface area contributed by atoms with Gasteiger partial charge in [-0.2, -0.15) is 13.2 Å². The van der Waals surface area contributed by atoms with Gasteiger partial charge >= 0.3 is 12.1 Å². The normalized spacial score (nSPS) is 17.4. The summed E-state index contributed by atoms with van der Waals surface area (Å²) in [5, 5.41) is 10.2. The van der Waals surface area contributed by atoms with Crippen LogP contribution in [0.2, 0.25) is 0 Å². The van der Waals surface area contributed by atoms with Crippen LogP contribution in [-0.4, -0.2) is 44.1 Å². The van der Waals surface area contributed by atoms with Gasteiger partial charge in [0, 0.05) is 20.2 Å². The number of rotatable bonds is 2. The molecule has 0 atom stereocenters. The molecule has 0 bridgehead atoms. The van der Waals surface area contributed by atoms with E-state index in [4.69, 9.17) is 21.1 Å². The van der Waals surface area contributed by atoms with Crippen LogP contribution in [0.25, 0.3) is 0 Å². The quantitative estimate of drug-likeness (QED) is 0.688. The number of hydrogen-bond donors (Lipinski definition) is 2. The lowest BCUT2D eigenvalue weighted by atomic mass is 9.84. The number of carboxylic acids is 1. The van der Waals surface area contributed by atoms with E-state index in [0.29, 0.717) is 6.61 Å². The second-order valence-electron chi connectivity index (χ2n) is 3.26. The predicted octanol–water partition coefficient (Wildman–Crippen LogP) is 0.489. The van der Waals surface area contributed by atoms with E-state index in [1.807, 2.05) is 0 Å². The van der Waals surface area contributed by atoms with Gasteiger partial charge in [0.2, 0.25) is 0 Å². The smallest absolute Gasteiger partial charge is 0.475 e. The molecule has 16 heavy (non-hydrogen) atoms. The Morgan fingerprint density at radius 1 is 1.62 bits per heavy atom. The molecule has 0 aliphatic carbocycles. The van der Waals surface area contributed by atoms with E-state index in [0.717, 1.165) is 13.1 Å². The fraction of sp³-hybridized carbons (Fsp3) is 0.667. The Morgan fingerprint density at radius 2 is 2.06 bits per heavy atom. The highest BCUT2D eigenvalue weighted by atomic mass is 19.4. The van der Waals surface area contributed by atoms with Gasteiger partial charge in [-0.1, -0.05) is 5.92 Å². The van der Waals surface area contributed by atoms with Crippen molar-refractivity contribution >= 4 is 5.97 Å². The molecule has 1 fully saturated rings. The van der Waals surface area contributed by atoms with Gasteiger partial charge in [0.05, 0.1) is 12.0 Å². The third kappa shape index (κ3) is 4.51. The fourth-order valence-electron chi connectivity index (χ4n) is 0.949. The van der Waals surface area contributed by atoms with E-state index in [1.54, 1.807) is 7.11 Å². The zero-order chi connectivity index (χ0) is 12.8. The van der Waals surface area contributed by atoms with E-state index < -0.39 is 12.1 Å². The minimum Gasteiger partial charge on any atom is -0.475 e. The molecule has 1 rings (SSSR count). The molecule has 0 spiro atoms. The molecule has 0 aromatic heterocycles. The number of terminal acetylenes is 1. The summed E-state index contributed by atoms with van der Waals surface area (Å²) in [4.78, 5) is 8.90. The van der Waals surface area contributed by atoms with Crippen LogP contribution in [0, 0.1) is 17.8 Å². The lowest BCUT2D eigenvalue weighted by molar-refractivity contribution is -0.192. The number of alkyl halides is 3. The molecular formula is C9H12F3NO3. The average molecular weight is 239 g/mol. The monoisotopic (exact) mass is 239 g/mol. The average Bonchev–Trinajstić information content (AvgIpc) is 2.11. The van der Waals surface area contributed by atoms with Crippen molar-refractivity contribution in [1.29, 1.82) is 0 Å². The second kappa shape index (κ2) is 5.72. The lowest BCUT2D eigenvalue weighted by Gasteiger charge is -2.37. The summed E-state index contributed by atoms with van der Waals surface area (Å²) in [6.07, 6.45) is 0.202. The summed E-state index contributed by atoms with van der Waals surface area (Å²) >= 11 is 0. The molecule has 1 heterocycles. The molecular weight excluding hydrogens is 227 g/mol. The Balaban J connectivity index is 0.000000293. The first kappa shape index (κ1) is 14.7. The Hall–Kier alpha value is -1.26. The molecule has 92 valence electrons. The van der Waals surface area contributed by atoms with Crippen LogP contribution in [0.15, 0.2) is 0 Å². The van der Waals surface area contributed by atoms with Crippen molar-refractivity contribution in [2.24, 2.45) is 5.41 Å². The van der Waals surface area contributed by atoms with E-state index >= 15 is 0 Å². The van der Waals surface area contributed by atoms with Crippen molar-refractivity contribution in [3.8, 4) is 12.3 Å². The maximum absolute atomic E-state index is 10.6. The van der Waals surface area contributed by atoms with Crippen molar-refractivity contribution in [3.05, 3.63) is 0 Å².